The van der Waals surface area contributed by atoms with E-state index in [1.165, 1.54) is 18.5 Å². The van der Waals surface area contributed by atoms with Crippen molar-refractivity contribution in [2.45, 2.75) is 26.3 Å². The standard InChI is InChI=1S/C7H10N2/c1-6-5-7-3-2-4-9(7)8-6/h5H,2-4H2,1H3. The fourth-order valence-electron chi connectivity index (χ4n) is 1.40. The van der Waals surface area contributed by atoms with Crippen molar-refractivity contribution >= 4 is 0 Å². The summed E-state index contributed by atoms with van der Waals surface area (Å²) >= 11 is 0. The van der Waals surface area contributed by atoms with E-state index in [0.717, 1.165) is 12.2 Å². The highest BCUT2D eigenvalue weighted by atomic mass is 15.3. The van der Waals surface area contributed by atoms with Crippen LogP contribution in [0.2, 0.25) is 0 Å². The highest BCUT2D eigenvalue weighted by Gasteiger charge is 2.10. The third-order valence-electron chi connectivity index (χ3n) is 1.79. The van der Waals surface area contributed by atoms with E-state index in [2.05, 4.69) is 15.8 Å². The molecule has 9 heavy (non-hydrogen) atoms. The van der Waals surface area contributed by atoms with Gasteiger partial charge in [-0.25, -0.2) is 0 Å². The SMILES string of the molecule is Cc1cc2n(n1)CCC2. The van der Waals surface area contributed by atoms with Gasteiger partial charge in [-0.05, 0) is 25.8 Å². The highest BCUT2D eigenvalue weighted by Crippen LogP contribution is 2.13. The normalized spacial score (nSPS) is 16.1. The molecule has 2 heterocycles. The van der Waals surface area contributed by atoms with E-state index >= 15 is 0 Å². The zero-order chi connectivity index (χ0) is 6.27. The number of aromatic nitrogens is 2. The van der Waals surface area contributed by atoms with Crippen LogP contribution in [0, 0.1) is 6.92 Å². The van der Waals surface area contributed by atoms with E-state index in [0.29, 0.717) is 0 Å². The van der Waals surface area contributed by atoms with Gasteiger partial charge in [-0.15, -0.1) is 0 Å². The van der Waals surface area contributed by atoms with Gasteiger partial charge in [-0.2, -0.15) is 5.10 Å². The molecule has 0 aliphatic carbocycles. The van der Waals surface area contributed by atoms with E-state index in [4.69, 9.17) is 0 Å². The van der Waals surface area contributed by atoms with Crippen LogP contribution in [0.3, 0.4) is 0 Å². The van der Waals surface area contributed by atoms with Crippen LogP contribution in [0.15, 0.2) is 6.07 Å². The first-order valence-electron chi connectivity index (χ1n) is 3.39. The molecule has 1 aliphatic rings. The summed E-state index contributed by atoms with van der Waals surface area (Å²) in [6.45, 7) is 3.18. The van der Waals surface area contributed by atoms with Crippen molar-refractivity contribution in [3.05, 3.63) is 17.5 Å². The Morgan fingerprint density at radius 2 is 2.56 bits per heavy atom. The molecule has 2 nitrogen and oxygen atoms in total. The van der Waals surface area contributed by atoms with Crippen LogP contribution in [0.25, 0.3) is 0 Å². The van der Waals surface area contributed by atoms with Gasteiger partial charge < -0.3 is 0 Å². The summed E-state index contributed by atoms with van der Waals surface area (Å²) in [6, 6.07) is 2.17. The second-order valence-electron chi connectivity index (χ2n) is 2.60. The van der Waals surface area contributed by atoms with Crippen LogP contribution in [-0.4, -0.2) is 9.78 Å². The molecule has 0 aromatic carbocycles. The zero-order valence-electron chi connectivity index (χ0n) is 5.59. The molecule has 0 spiro atoms. The molecule has 0 saturated heterocycles. The van der Waals surface area contributed by atoms with E-state index in [9.17, 15) is 0 Å². The van der Waals surface area contributed by atoms with Gasteiger partial charge in [0.05, 0.1) is 5.69 Å². The Bertz CT molecular complexity index is 203. The molecule has 0 saturated carbocycles. The van der Waals surface area contributed by atoms with Crippen LogP contribution in [0.1, 0.15) is 17.8 Å². The van der Waals surface area contributed by atoms with Gasteiger partial charge in [-0.3, -0.25) is 4.68 Å². The lowest BCUT2D eigenvalue weighted by Gasteiger charge is -1.88. The topological polar surface area (TPSA) is 17.8 Å². The summed E-state index contributed by atoms with van der Waals surface area (Å²) in [5.41, 5.74) is 2.57. The van der Waals surface area contributed by atoms with Gasteiger partial charge in [0.1, 0.15) is 0 Å². The molecule has 2 rings (SSSR count). The Morgan fingerprint density at radius 3 is 3.33 bits per heavy atom. The number of nitrogens with zero attached hydrogens (tertiary/aromatic N) is 2. The first kappa shape index (κ1) is 5.03. The first-order chi connectivity index (χ1) is 4.36. The summed E-state index contributed by atoms with van der Waals surface area (Å²) in [5.74, 6) is 0. The van der Waals surface area contributed by atoms with Crippen molar-refractivity contribution in [2.75, 3.05) is 0 Å². The molecule has 2 heteroatoms. The van der Waals surface area contributed by atoms with E-state index in [1.807, 2.05) is 6.92 Å². The minimum absolute atomic E-state index is 1.13. The van der Waals surface area contributed by atoms with Crippen LogP contribution in [0.5, 0.6) is 0 Å². The van der Waals surface area contributed by atoms with Gasteiger partial charge in [0.25, 0.3) is 0 Å². The maximum Gasteiger partial charge on any atom is 0.0596 e. The van der Waals surface area contributed by atoms with Crippen molar-refractivity contribution in [3.63, 3.8) is 0 Å². The molecular weight excluding hydrogens is 112 g/mol. The molecule has 1 aromatic rings. The molecule has 0 radical (unpaired) electrons. The van der Waals surface area contributed by atoms with Gasteiger partial charge >= 0.3 is 0 Å². The summed E-state index contributed by atoms with van der Waals surface area (Å²) < 4.78 is 2.11. The maximum absolute atomic E-state index is 4.31. The number of hydrogen-bond acceptors (Lipinski definition) is 1. The minimum atomic E-state index is 1.13. The summed E-state index contributed by atoms with van der Waals surface area (Å²) in [5, 5.41) is 4.31. The molecule has 0 atom stereocenters. The van der Waals surface area contributed by atoms with Crippen molar-refractivity contribution < 1.29 is 0 Å². The second-order valence-corrected chi connectivity index (χ2v) is 2.60. The number of hydrogen-bond donors (Lipinski definition) is 0. The van der Waals surface area contributed by atoms with E-state index < -0.39 is 0 Å². The third kappa shape index (κ3) is 0.661. The Morgan fingerprint density at radius 1 is 1.67 bits per heavy atom. The van der Waals surface area contributed by atoms with Crippen LogP contribution >= 0.6 is 0 Å². The van der Waals surface area contributed by atoms with Gasteiger partial charge in [-0.1, -0.05) is 0 Å². The molecule has 0 bridgehead atoms. The largest absolute Gasteiger partial charge is 0.269 e. The third-order valence-corrected chi connectivity index (χ3v) is 1.79. The Balaban J connectivity index is 2.51. The maximum atomic E-state index is 4.31. The lowest BCUT2D eigenvalue weighted by molar-refractivity contribution is 0.650. The summed E-state index contributed by atoms with van der Waals surface area (Å²) in [4.78, 5) is 0. The zero-order valence-corrected chi connectivity index (χ0v) is 5.59. The van der Waals surface area contributed by atoms with Gasteiger partial charge in [0, 0.05) is 12.2 Å². The highest BCUT2D eigenvalue weighted by molar-refractivity contribution is 5.11. The summed E-state index contributed by atoms with van der Waals surface area (Å²) in [6.07, 6.45) is 2.50. The predicted molar refractivity (Wildman–Crippen MR) is 35.3 cm³/mol. The Kier molecular flexibility index (Phi) is 0.891. The molecule has 0 N–H and O–H groups in total. The lowest BCUT2D eigenvalue weighted by atomic mass is 10.3. The number of fused-ring (bicyclic) bond motifs is 1. The fraction of sp³-hybridized carbons (Fsp3) is 0.571. The van der Waals surface area contributed by atoms with Crippen LogP contribution in [-0.2, 0) is 13.0 Å². The predicted octanol–water partition coefficient (Wildman–Crippen LogP) is 1.14. The smallest absolute Gasteiger partial charge is 0.0596 e. The molecule has 0 amide bonds. The molecular formula is C7H10N2. The fourth-order valence-corrected chi connectivity index (χ4v) is 1.40. The van der Waals surface area contributed by atoms with E-state index in [-0.39, 0.29) is 0 Å². The average molecular weight is 122 g/mol. The number of rotatable bonds is 0. The first-order valence-corrected chi connectivity index (χ1v) is 3.39. The molecule has 1 aromatic heterocycles. The van der Waals surface area contributed by atoms with Crippen molar-refractivity contribution in [2.24, 2.45) is 0 Å². The van der Waals surface area contributed by atoms with Crippen molar-refractivity contribution in [1.29, 1.82) is 0 Å². The van der Waals surface area contributed by atoms with Crippen molar-refractivity contribution in [3.8, 4) is 0 Å². The quantitative estimate of drug-likeness (QED) is 0.504. The molecule has 48 valence electrons. The minimum Gasteiger partial charge on any atom is -0.269 e. The Hall–Kier alpha value is -0.790. The van der Waals surface area contributed by atoms with Crippen LogP contribution in [0.4, 0.5) is 0 Å². The summed E-state index contributed by atoms with van der Waals surface area (Å²) in [7, 11) is 0. The van der Waals surface area contributed by atoms with Gasteiger partial charge in [0.2, 0.25) is 0 Å². The second kappa shape index (κ2) is 1.59. The van der Waals surface area contributed by atoms with E-state index in [1.54, 1.807) is 0 Å². The average Bonchev–Trinajstić information content (AvgIpc) is 2.22. The van der Waals surface area contributed by atoms with Gasteiger partial charge in [0.15, 0.2) is 0 Å². The molecule has 0 unspecified atom stereocenters. The monoisotopic (exact) mass is 122 g/mol. The molecule has 1 aliphatic heterocycles. The molecule has 0 fully saturated rings. The van der Waals surface area contributed by atoms with Crippen molar-refractivity contribution in [1.82, 2.24) is 9.78 Å². The lowest BCUT2D eigenvalue weighted by Crippen LogP contribution is -1.93. The Labute approximate surface area is 54.5 Å². The van der Waals surface area contributed by atoms with Crippen LogP contribution < -0.4 is 0 Å². The number of aryl methyl sites for hydroxylation is 3.